The molecule has 1 unspecified atom stereocenters. The van der Waals surface area contributed by atoms with Crippen LogP contribution in [0, 0.1) is 0 Å². The molecule has 0 spiro atoms. The highest BCUT2D eigenvalue weighted by molar-refractivity contribution is 5.88. The SMILES string of the molecule is O=C(C=CCO)N1CCCC(Nc2ncnc3[nH]ccc23)C1. The Hall–Kier alpha value is -2.41. The highest BCUT2D eigenvalue weighted by atomic mass is 16.2. The van der Waals surface area contributed by atoms with E-state index < -0.39 is 0 Å². The third-order valence-electron chi connectivity index (χ3n) is 3.79. The molecule has 3 rings (SSSR count). The molecule has 0 bridgehead atoms. The van der Waals surface area contributed by atoms with Gasteiger partial charge in [-0.05, 0) is 18.9 Å². The van der Waals surface area contributed by atoms with Crippen LogP contribution in [0.15, 0.2) is 30.7 Å². The van der Waals surface area contributed by atoms with E-state index >= 15 is 0 Å². The first-order valence-corrected chi connectivity index (χ1v) is 7.39. The average molecular weight is 301 g/mol. The molecule has 0 radical (unpaired) electrons. The van der Waals surface area contributed by atoms with Gasteiger partial charge < -0.3 is 20.3 Å². The van der Waals surface area contributed by atoms with E-state index in [1.54, 1.807) is 4.90 Å². The van der Waals surface area contributed by atoms with Crippen LogP contribution in [0.2, 0.25) is 0 Å². The van der Waals surface area contributed by atoms with Crippen molar-refractivity contribution in [1.29, 1.82) is 0 Å². The molecular formula is C15H19N5O2. The lowest BCUT2D eigenvalue weighted by Crippen LogP contribution is -2.44. The predicted molar refractivity (Wildman–Crippen MR) is 83.3 cm³/mol. The molecule has 2 aromatic rings. The second-order valence-electron chi connectivity index (χ2n) is 5.31. The van der Waals surface area contributed by atoms with Crippen molar-refractivity contribution in [3.8, 4) is 0 Å². The molecule has 1 fully saturated rings. The molecule has 0 saturated carbocycles. The minimum Gasteiger partial charge on any atom is -0.392 e. The fourth-order valence-corrected chi connectivity index (χ4v) is 2.73. The van der Waals surface area contributed by atoms with Gasteiger partial charge in [0.15, 0.2) is 0 Å². The summed E-state index contributed by atoms with van der Waals surface area (Å²) in [7, 11) is 0. The minimum atomic E-state index is -0.117. The first kappa shape index (κ1) is 14.5. The fraction of sp³-hybridized carbons (Fsp3) is 0.400. The van der Waals surface area contributed by atoms with Crippen LogP contribution < -0.4 is 5.32 Å². The number of rotatable bonds is 4. The number of aromatic nitrogens is 3. The molecule has 7 nitrogen and oxygen atoms in total. The number of piperidine rings is 1. The van der Waals surface area contributed by atoms with E-state index in [1.165, 1.54) is 18.5 Å². The van der Waals surface area contributed by atoms with Gasteiger partial charge in [0.2, 0.25) is 5.91 Å². The van der Waals surface area contributed by atoms with E-state index in [1.807, 2.05) is 12.3 Å². The van der Waals surface area contributed by atoms with Gasteiger partial charge in [0.25, 0.3) is 0 Å². The maximum absolute atomic E-state index is 12.0. The van der Waals surface area contributed by atoms with Gasteiger partial charge in [-0.3, -0.25) is 4.79 Å². The summed E-state index contributed by atoms with van der Waals surface area (Å²) in [5.74, 6) is 0.728. The Morgan fingerprint density at radius 1 is 1.55 bits per heavy atom. The zero-order valence-corrected chi connectivity index (χ0v) is 12.2. The van der Waals surface area contributed by atoms with Gasteiger partial charge in [-0.2, -0.15) is 0 Å². The number of carbonyl (C=O) groups is 1. The van der Waals surface area contributed by atoms with Crippen LogP contribution in [0.5, 0.6) is 0 Å². The normalized spacial score (nSPS) is 19.0. The van der Waals surface area contributed by atoms with E-state index in [4.69, 9.17) is 5.11 Å². The first-order valence-electron chi connectivity index (χ1n) is 7.39. The standard InChI is InChI=1S/C15H19N5O2/c21-8-2-4-13(22)20-7-1-3-11(9-20)19-15-12-5-6-16-14(12)17-10-18-15/h2,4-6,10-11,21H,1,3,7-9H2,(H2,16,17,18,19). The number of nitrogens with one attached hydrogen (secondary N) is 2. The van der Waals surface area contributed by atoms with Crippen molar-refractivity contribution in [2.75, 3.05) is 25.0 Å². The molecule has 1 aliphatic heterocycles. The van der Waals surface area contributed by atoms with E-state index in [-0.39, 0.29) is 18.6 Å². The van der Waals surface area contributed by atoms with Crippen molar-refractivity contribution in [2.24, 2.45) is 0 Å². The quantitative estimate of drug-likeness (QED) is 0.730. The Morgan fingerprint density at radius 2 is 2.45 bits per heavy atom. The summed E-state index contributed by atoms with van der Waals surface area (Å²) in [4.78, 5) is 25.3. The number of amides is 1. The molecule has 1 aliphatic rings. The largest absolute Gasteiger partial charge is 0.392 e. The maximum Gasteiger partial charge on any atom is 0.246 e. The summed E-state index contributed by atoms with van der Waals surface area (Å²) in [6.45, 7) is 1.26. The number of anilines is 1. The van der Waals surface area contributed by atoms with E-state index in [9.17, 15) is 4.79 Å². The number of H-pyrrole nitrogens is 1. The average Bonchev–Trinajstić information content (AvgIpc) is 3.02. The van der Waals surface area contributed by atoms with Crippen molar-refractivity contribution in [1.82, 2.24) is 19.9 Å². The van der Waals surface area contributed by atoms with Crippen LogP contribution in [0.1, 0.15) is 12.8 Å². The summed E-state index contributed by atoms with van der Waals surface area (Å²) in [5.41, 5.74) is 0.798. The summed E-state index contributed by atoms with van der Waals surface area (Å²) in [5, 5.41) is 13.1. The van der Waals surface area contributed by atoms with Crippen LogP contribution in [0.25, 0.3) is 11.0 Å². The van der Waals surface area contributed by atoms with Crippen LogP contribution in [0.4, 0.5) is 5.82 Å². The second-order valence-corrected chi connectivity index (χ2v) is 5.31. The van der Waals surface area contributed by atoms with E-state index in [0.717, 1.165) is 36.2 Å². The summed E-state index contributed by atoms with van der Waals surface area (Å²) in [6, 6.07) is 2.10. The Kier molecular flexibility index (Phi) is 4.34. The van der Waals surface area contributed by atoms with Gasteiger partial charge in [-0.15, -0.1) is 0 Å². The Morgan fingerprint density at radius 3 is 3.32 bits per heavy atom. The number of carbonyl (C=O) groups excluding carboxylic acids is 1. The molecular weight excluding hydrogens is 282 g/mol. The van der Waals surface area contributed by atoms with Crippen LogP contribution in [-0.4, -0.2) is 56.6 Å². The van der Waals surface area contributed by atoms with Crippen LogP contribution in [-0.2, 0) is 4.79 Å². The van der Waals surface area contributed by atoms with Gasteiger partial charge >= 0.3 is 0 Å². The molecule has 116 valence electrons. The Balaban J connectivity index is 1.69. The monoisotopic (exact) mass is 301 g/mol. The van der Waals surface area contributed by atoms with Crippen LogP contribution in [0.3, 0.4) is 0 Å². The first-order chi connectivity index (χ1) is 10.8. The molecule has 0 aliphatic carbocycles. The number of likely N-dealkylation sites (tertiary alicyclic amines) is 1. The zero-order chi connectivity index (χ0) is 15.4. The van der Waals surface area contributed by atoms with Crippen molar-refractivity contribution in [3.05, 3.63) is 30.7 Å². The lowest BCUT2D eigenvalue weighted by Gasteiger charge is -2.32. The van der Waals surface area contributed by atoms with E-state index in [2.05, 4.69) is 20.3 Å². The van der Waals surface area contributed by atoms with Gasteiger partial charge in [-0.1, -0.05) is 6.08 Å². The molecule has 0 aromatic carbocycles. The summed E-state index contributed by atoms with van der Waals surface area (Å²) < 4.78 is 0. The minimum absolute atomic E-state index is 0.0602. The number of fused-ring (bicyclic) bond motifs is 1. The van der Waals surface area contributed by atoms with Crippen LogP contribution >= 0.6 is 0 Å². The van der Waals surface area contributed by atoms with Crippen molar-refractivity contribution in [3.63, 3.8) is 0 Å². The van der Waals surface area contributed by atoms with Crippen molar-refractivity contribution >= 4 is 22.8 Å². The molecule has 3 N–H and O–H groups in total. The molecule has 22 heavy (non-hydrogen) atoms. The van der Waals surface area contributed by atoms with Crippen molar-refractivity contribution in [2.45, 2.75) is 18.9 Å². The number of aromatic amines is 1. The summed E-state index contributed by atoms with van der Waals surface area (Å²) in [6.07, 6.45) is 8.18. The van der Waals surface area contributed by atoms with Gasteiger partial charge in [0.1, 0.15) is 17.8 Å². The number of aliphatic hydroxyl groups excluding tert-OH is 1. The maximum atomic E-state index is 12.0. The molecule has 1 amide bonds. The Labute approximate surface area is 128 Å². The number of hydrogen-bond acceptors (Lipinski definition) is 5. The topological polar surface area (TPSA) is 94.1 Å². The van der Waals surface area contributed by atoms with Gasteiger partial charge in [-0.25, -0.2) is 9.97 Å². The predicted octanol–water partition coefficient (Wildman–Crippen LogP) is 0.909. The Bertz CT molecular complexity index is 681. The summed E-state index contributed by atoms with van der Waals surface area (Å²) >= 11 is 0. The molecule has 7 heteroatoms. The highest BCUT2D eigenvalue weighted by Gasteiger charge is 2.23. The van der Waals surface area contributed by atoms with Gasteiger partial charge in [0, 0.05) is 31.4 Å². The number of hydrogen-bond donors (Lipinski definition) is 3. The highest BCUT2D eigenvalue weighted by Crippen LogP contribution is 2.21. The third kappa shape index (κ3) is 3.09. The lowest BCUT2D eigenvalue weighted by molar-refractivity contribution is -0.127. The fourth-order valence-electron chi connectivity index (χ4n) is 2.73. The smallest absolute Gasteiger partial charge is 0.246 e. The molecule has 2 aromatic heterocycles. The third-order valence-corrected chi connectivity index (χ3v) is 3.79. The van der Waals surface area contributed by atoms with Gasteiger partial charge in [0.05, 0.1) is 12.0 Å². The van der Waals surface area contributed by atoms with E-state index in [0.29, 0.717) is 6.54 Å². The second kappa shape index (κ2) is 6.57. The molecule has 1 atom stereocenters. The lowest BCUT2D eigenvalue weighted by atomic mass is 10.1. The van der Waals surface area contributed by atoms with Crippen molar-refractivity contribution < 1.29 is 9.90 Å². The number of aliphatic hydroxyl groups is 1. The number of nitrogens with zero attached hydrogens (tertiary/aromatic N) is 3. The zero-order valence-electron chi connectivity index (χ0n) is 12.2. The molecule has 3 heterocycles. The molecule has 1 saturated heterocycles.